The fourth-order valence-corrected chi connectivity index (χ4v) is 2.02. The van der Waals surface area contributed by atoms with Crippen LogP contribution in [0.3, 0.4) is 0 Å². The molecule has 6 heteroatoms. The number of methoxy groups -OCH3 is 3. The highest BCUT2D eigenvalue weighted by atomic mass is 16.5. The van der Waals surface area contributed by atoms with Gasteiger partial charge in [0.2, 0.25) is 0 Å². The van der Waals surface area contributed by atoms with Gasteiger partial charge in [-0.2, -0.15) is 0 Å². The summed E-state index contributed by atoms with van der Waals surface area (Å²) in [6.07, 6.45) is -1.02. The van der Waals surface area contributed by atoms with E-state index in [0.29, 0.717) is 0 Å². The van der Waals surface area contributed by atoms with Gasteiger partial charge in [0.1, 0.15) is 0 Å². The van der Waals surface area contributed by atoms with Gasteiger partial charge in [-0.3, -0.25) is 9.59 Å². The summed E-state index contributed by atoms with van der Waals surface area (Å²) in [5.41, 5.74) is -0.165. The number of hydrogen-bond acceptors (Lipinski definition) is 6. The maximum Gasteiger partial charge on any atom is 0.163 e. The minimum absolute atomic E-state index is 0.00377. The topological polar surface area (TPSA) is 82.1 Å². The molecule has 0 amide bonds. The van der Waals surface area contributed by atoms with Crippen LogP contribution in [-0.4, -0.2) is 37.9 Å². The van der Waals surface area contributed by atoms with Crippen molar-refractivity contribution in [2.45, 2.75) is 6.42 Å². The molecule has 0 bridgehead atoms. The molecule has 0 saturated heterocycles. The van der Waals surface area contributed by atoms with Gasteiger partial charge in [0.05, 0.1) is 41.3 Å². The molecule has 1 N–H and O–H groups in total. The SMILES string of the molecule is [2H]/C(C(=O)CC(=O)/C([2H])=C(\[2H])c1ccc(OC([2H])([2H])[2H])c(OC([2H])([2H])[2H])c1)=C(/[2H])c1ccc(O)c(OC)c1. The van der Waals surface area contributed by atoms with Gasteiger partial charge in [-0.1, -0.05) is 24.2 Å². The Bertz CT molecular complexity index is 1290. The molecule has 6 nitrogen and oxygen atoms in total. The Balaban J connectivity index is 2.34. The van der Waals surface area contributed by atoms with Crippen molar-refractivity contribution in [3.05, 3.63) is 59.6 Å². The first kappa shape index (κ1) is 10.7. The number of carbonyl (C=O) groups is 2. The van der Waals surface area contributed by atoms with Gasteiger partial charge in [-0.15, -0.1) is 0 Å². The number of phenols is 1. The molecule has 0 unspecified atom stereocenters. The first-order valence-corrected chi connectivity index (χ1v) is 7.74. The number of ketones is 2. The number of benzene rings is 2. The van der Waals surface area contributed by atoms with E-state index in [1.54, 1.807) is 0 Å². The predicted molar refractivity (Wildman–Crippen MR) is 107 cm³/mol. The van der Waals surface area contributed by atoms with Crippen LogP contribution in [0.15, 0.2) is 48.5 Å². The average Bonchev–Trinajstić information content (AvgIpc) is 2.81. The monoisotopic (exact) mass is 392 g/mol. The summed E-state index contributed by atoms with van der Waals surface area (Å²) < 4.78 is 89.8. The van der Waals surface area contributed by atoms with Crippen molar-refractivity contribution in [2.24, 2.45) is 0 Å². The van der Waals surface area contributed by atoms with Crippen LogP contribution in [-0.2, 0) is 9.59 Å². The summed E-state index contributed by atoms with van der Waals surface area (Å²) in [6.45, 7) is 0. The lowest BCUT2D eigenvalue weighted by Crippen LogP contribution is -2.01. The van der Waals surface area contributed by atoms with Crippen LogP contribution in [0.2, 0.25) is 0 Å². The van der Waals surface area contributed by atoms with Crippen molar-refractivity contribution in [3.8, 4) is 23.0 Å². The summed E-state index contributed by atoms with van der Waals surface area (Å²) in [6, 6.07) is 3.52. The molecular formula is C22H22O6. The van der Waals surface area contributed by atoms with E-state index < -0.39 is 67.8 Å². The third kappa shape index (κ3) is 5.74. The van der Waals surface area contributed by atoms with Crippen molar-refractivity contribution in [1.29, 1.82) is 0 Å². The number of aromatic hydroxyl groups is 1. The Hall–Kier alpha value is -3.54. The molecule has 2 rings (SSSR count). The van der Waals surface area contributed by atoms with Crippen LogP contribution in [0.5, 0.6) is 23.0 Å². The second kappa shape index (κ2) is 9.97. The fourth-order valence-electron chi connectivity index (χ4n) is 2.02. The summed E-state index contributed by atoms with van der Waals surface area (Å²) in [7, 11) is -4.70. The molecule has 0 saturated carbocycles. The lowest BCUT2D eigenvalue weighted by Gasteiger charge is -2.07. The van der Waals surface area contributed by atoms with E-state index in [2.05, 4.69) is 0 Å². The van der Waals surface area contributed by atoms with E-state index in [9.17, 15) is 14.7 Å². The van der Waals surface area contributed by atoms with Gasteiger partial charge in [-0.05, 0) is 47.5 Å². The Morgan fingerprint density at radius 1 is 0.929 bits per heavy atom. The van der Waals surface area contributed by atoms with Gasteiger partial charge >= 0.3 is 0 Å². The van der Waals surface area contributed by atoms with E-state index >= 15 is 0 Å². The van der Waals surface area contributed by atoms with Gasteiger partial charge in [0.15, 0.2) is 34.6 Å². The second-order valence-corrected chi connectivity index (χ2v) is 5.28. The zero-order valence-corrected chi connectivity index (χ0v) is 14.7. The molecule has 0 aliphatic carbocycles. The molecule has 0 aromatic heterocycles. The Labute approximate surface area is 177 Å². The van der Waals surface area contributed by atoms with Crippen molar-refractivity contribution in [3.63, 3.8) is 0 Å². The highest BCUT2D eigenvalue weighted by molar-refractivity contribution is 6.10. The van der Waals surface area contributed by atoms with Crippen molar-refractivity contribution in [2.75, 3.05) is 21.2 Å². The van der Waals surface area contributed by atoms with Crippen molar-refractivity contribution in [1.82, 2.24) is 0 Å². The summed E-state index contributed by atoms with van der Waals surface area (Å²) in [5, 5.41) is 9.66. The molecule has 0 fully saturated rings. The Morgan fingerprint density at radius 3 is 2.11 bits per heavy atom. The van der Waals surface area contributed by atoms with Gasteiger partial charge in [-0.25, -0.2) is 0 Å². The Kier molecular flexibility index (Phi) is 3.81. The third-order valence-electron chi connectivity index (χ3n) is 3.36. The van der Waals surface area contributed by atoms with E-state index in [0.717, 1.165) is 18.2 Å². The van der Waals surface area contributed by atoms with Gasteiger partial charge in [0.25, 0.3) is 0 Å². The standard InChI is InChI=1S/C22H22O6/c1-26-20-11-7-16(13-22(20)28-3)5-9-18(24)14-17(23)8-4-15-6-10-19(25)21(12-15)27-2/h4-13,25H,14H2,1-3H3/b8-4+,9-5+/i1D3,3D3,4D,5D,8D,9D. The minimum atomic E-state index is -3.02. The molecule has 146 valence electrons. The quantitative estimate of drug-likeness (QED) is 0.518. The smallest absolute Gasteiger partial charge is 0.163 e. The second-order valence-electron chi connectivity index (χ2n) is 5.28. The van der Waals surface area contributed by atoms with Crippen LogP contribution >= 0.6 is 0 Å². The highest BCUT2D eigenvalue weighted by Gasteiger charge is 2.06. The Morgan fingerprint density at radius 2 is 1.50 bits per heavy atom. The zero-order chi connectivity index (χ0) is 29.0. The molecule has 2 aromatic carbocycles. The van der Waals surface area contributed by atoms with Gasteiger partial charge < -0.3 is 19.3 Å². The number of allylic oxidation sites excluding steroid dienone is 2. The average molecular weight is 392 g/mol. The van der Waals surface area contributed by atoms with Crippen LogP contribution in [0.4, 0.5) is 0 Å². The van der Waals surface area contributed by atoms with Crippen LogP contribution in [0.1, 0.15) is 31.3 Å². The van der Waals surface area contributed by atoms with E-state index in [1.165, 1.54) is 25.3 Å². The third-order valence-corrected chi connectivity index (χ3v) is 3.36. The molecule has 0 spiro atoms. The van der Waals surface area contributed by atoms with E-state index in [4.69, 9.17) is 27.9 Å². The number of rotatable bonds is 9. The summed E-state index contributed by atoms with van der Waals surface area (Å²) in [5.74, 6) is -3.58. The number of hydrogen-bond donors (Lipinski definition) is 1. The predicted octanol–water partition coefficient (Wildman–Crippen LogP) is 3.67. The summed E-state index contributed by atoms with van der Waals surface area (Å²) >= 11 is 0. The fraction of sp³-hybridized carbons (Fsp3) is 0.182. The van der Waals surface area contributed by atoms with Crippen LogP contribution < -0.4 is 14.2 Å². The zero-order valence-electron chi connectivity index (χ0n) is 24.7. The molecular weight excluding hydrogens is 360 g/mol. The maximum atomic E-state index is 12.5. The molecule has 0 heterocycles. The minimum Gasteiger partial charge on any atom is -0.504 e. The first-order chi connectivity index (χ1) is 17.4. The lowest BCUT2D eigenvalue weighted by molar-refractivity contribution is -0.121. The van der Waals surface area contributed by atoms with E-state index in [1.807, 2.05) is 0 Å². The number of ether oxygens (including phenoxy) is 3. The van der Waals surface area contributed by atoms with Crippen molar-refractivity contribution >= 4 is 23.7 Å². The molecule has 2 aromatic rings. The highest BCUT2D eigenvalue weighted by Crippen LogP contribution is 2.28. The molecule has 0 radical (unpaired) electrons. The molecule has 0 aliphatic heterocycles. The molecule has 0 aliphatic rings. The van der Waals surface area contributed by atoms with E-state index in [-0.39, 0.29) is 22.6 Å². The molecule has 28 heavy (non-hydrogen) atoms. The number of carbonyl (C=O) groups excluding carboxylic acids is 2. The first-order valence-electron chi connectivity index (χ1n) is 12.7. The summed E-state index contributed by atoms with van der Waals surface area (Å²) in [4.78, 5) is 25.0. The normalized spacial score (nSPS) is 18.5. The lowest BCUT2D eigenvalue weighted by atomic mass is 10.1. The van der Waals surface area contributed by atoms with Crippen molar-refractivity contribution < 1.29 is 42.6 Å². The maximum absolute atomic E-state index is 12.5. The number of phenolic OH excluding ortho intramolecular Hbond substituents is 1. The van der Waals surface area contributed by atoms with Gasteiger partial charge in [0, 0.05) is 0 Å². The largest absolute Gasteiger partial charge is 0.504 e. The van der Waals surface area contributed by atoms with Crippen LogP contribution in [0, 0.1) is 0 Å². The molecule has 0 atom stereocenters. The van der Waals surface area contributed by atoms with Crippen LogP contribution in [0.25, 0.3) is 12.1 Å².